The zero-order valence-electron chi connectivity index (χ0n) is 14.4. The van der Waals surface area contributed by atoms with Gasteiger partial charge in [-0.1, -0.05) is 36.4 Å². The fraction of sp³-hybridized carbons (Fsp3) is 0.136. The fourth-order valence-corrected chi connectivity index (χ4v) is 2.50. The Balaban J connectivity index is 1.79. The van der Waals surface area contributed by atoms with Gasteiger partial charge < -0.3 is 4.74 Å². The molecule has 0 N–H and O–H groups in total. The molecule has 0 aromatic heterocycles. The van der Waals surface area contributed by atoms with Crippen LogP contribution in [-0.2, 0) is 6.61 Å². The standard InChI is InChI=1S/C22H20FNO/c1-16-10-11-17(2)21(12-16)24-14-19-7-3-4-9-22(19)25-15-18-6-5-8-20(23)13-18/h3-14H,15H2,1-2H3. The van der Waals surface area contributed by atoms with Gasteiger partial charge in [0.1, 0.15) is 18.2 Å². The summed E-state index contributed by atoms with van der Waals surface area (Å²) in [7, 11) is 0. The van der Waals surface area contributed by atoms with Gasteiger partial charge in [-0.3, -0.25) is 4.99 Å². The van der Waals surface area contributed by atoms with E-state index in [1.54, 1.807) is 6.07 Å². The van der Waals surface area contributed by atoms with Crippen LogP contribution in [-0.4, -0.2) is 6.21 Å². The lowest BCUT2D eigenvalue weighted by Gasteiger charge is -2.09. The minimum Gasteiger partial charge on any atom is -0.488 e. The van der Waals surface area contributed by atoms with Gasteiger partial charge in [0, 0.05) is 11.8 Å². The van der Waals surface area contributed by atoms with Crippen LogP contribution >= 0.6 is 0 Å². The largest absolute Gasteiger partial charge is 0.488 e. The molecule has 3 aromatic carbocycles. The summed E-state index contributed by atoms with van der Waals surface area (Å²) in [5.41, 5.74) is 4.93. The smallest absolute Gasteiger partial charge is 0.128 e. The van der Waals surface area contributed by atoms with E-state index in [0.29, 0.717) is 6.61 Å². The van der Waals surface area contributed by atoms with Crippen molar-refractivity contribution in [3.63, 3.8) is 0 Å². The van der Waals surface area contributed by atoms with E-state index in [4.69, 9.17) is 4.74 Å². The first-order valence-corrected chi connectivity index (χ1v) is 8.19. The molecular weight excluding hydrogens is 313 g/mol. The van der Waals surface area contributed by atoms with Crippen LogP contribution in [0.4, 0.5) is 10.1 Å². The molecule has 3 heteroatoms. The van der Waals surface area contributed by atoms with Crippen LogP contribution in [0.25, 0.3) is 0 Å². The molecule has 3 aromatic rings. The van der Waals surface area contributed by atoms with Crippen LogP contribution in [0.1, 0.15) is 22.3 Å². The monoisotopic (exact) mass is 333 g/mol. The minimum atomic E-state index is -0.258. The van der Waals surface area contributed by atoms with Crippen molar-refractivity contribution in [1.29, 1.82) is 0 Å². The number of rotatable bonds is 5. The van der Waals surface area contributed by atoms with E-state index in [9.17, 15) is 4.39 Å². The Kier molecular flexibility index (Phi) is 5.24. The van der Waals surface area contributed by atoms with Crippen LogP contribution < -0.4 is 4.74 Å². The van der Waals surface area contributed by atoms with Crippen molar-refractivity contribution >= 4 is 11.9 Å². The van der Waals surface area contributed by atoms with Gasteiger partial charge in [-0.25, -0.2) is 4.39 Å². The van der Waals surface area contributed by atoms with Crippen molar-refractivity contribution in [3.8, 4) is 5.75 Å². The quantitative estimate of drug-likeness (QED) is 0.543. The summed E-state index contributed by atoms with van der Waals surface area (Å²) in [4.78, 5) is 4.60. The molecule has 0 atom stereocenters. The molecule has 0 saturated carbocycles. The predicted octanol–water partition coefficient (Wildman–Crippen LogP) is 5.77. The molecule has 0 aliphatic carbocycles. The Morgan fingerprint density at radius 1 is 0.960 bits per heavy atom. The summed E-state index contributed by atoms with van der Waals surface area (Å²) in [5.74, 6) is 0.465. The SMILES string of the molecule is Cc1ccc(C)c(N=Cc2ccccc2OCc2cccc(F)c2)c1. The molecule has 0 unspecified atom stereocenters. The van der Waals surface area contributed by atoms with Gasteiger partial charge in [-0.2, -0.15) is 0 Å². The highest BCUT2D eigenvalue weighted by Crippen LogP contribution is 2.22. The Hall–Kier alpha value is -2.94. The van der Waals surface area contributed by atoms with Crippen LogP contribution in [0.15, 0.2) is 71.7 Å². The van der Waals surface area contributed by atoms with E-state index in [-0.39, 0.29) is 5.82 Å². The number of para-hydroxylation sites is 1. The van der Waals surface area contributed by atoms with E-state index in [1.165, 1.54) is 17.7 Å². The first-order valence-electron chi connectivity index (χ1n) is 8.19. The number of aliphatic imine (C=N–C) groups is 1. The third-order valence-corrected chi connectivity index (χ3v) is 3.91. The Morgan fingerprint density at radius 3 is 2.64 bits per heavy atom. The minimum absolute atomic E-state index is 0.258. The second kappa shape index (κ2) is 7.75. The zero-order valence-corrected chi connectivity index (χ0v) is 14.4. The maximum Gasteiger partial charge on any atom is 0.128 e. The molecule has 0 fully saturated rings. The molecule has 0 radical (unpaired) electrons. The van der Waals surface area contributed by atoms with Crippen LogP contribution in [0.5, 0.6) is 5.75 Å². The van der Waals surface area contributed by atoms with E-state index in [0.717, 1.165) is 28.1 Å². The number of aryl methyl sites for hydroxylation is 2. The van der Waals surface area contributed by atoms with Gasteiger partial charge in [0.2, 0.25) is 0 Å². The summed E-state index contributed by atoms with van der Waals surface area (Å²) >= 11 is 0. The Morgan fingerprint density at radius 2 is 1.80 bits per heavy atom. The summed E-state index contributed by atoms with van der Waals surface area (Å²) in [6.45, 7) is 4.40. The van der Waals surface area contributed by atoms with Gasteiger partial charge in [0.25, 0.3) is 0 Å². The Labute approximate surface area is 147 Å². The predicted molar refractivity (Wildman–Crippen MR) is 100 cm³/mol. The van der Waals surface area contributed by atoms with Crippen molar-refractivity contribution in [2.75, 3.05) is 0 Å². The molecule has 0 amide bonds. The van der Waals surface area contributed by atoms with Gasteiger partial charge >= 0.3 is 0 Å². The summed E-state index contributed by atoms with van der Waals surface area (Å²) in [5, 5.41) is 0. The van der Waals surface area contributed by atoms with Crippen LogP contribution in [0.3, 0.4) is 0 Å². The van der Waals surface area contributed by atoms with E-state index in [2.05, 4.69) is 30.1 Å². The molecule has 0 spiro atoms. The molecule has 126 valence electrons. The van der Waals surface area contributed by atoms with Crippen LogP contribution in [0.2, 0.25) is 0 Å². The fourth-order valence-electron chi connectivity index (χ4n) is 2.50. The maximum atomic E-state index is 13.3. The molecule has 2 nitrogen and oxygen atoms in total. The normalized spacial score (nSPS) is 11.0. The maximum absolute atomic E-state index is 13.3. The molecule has 0 bridgehead atoms. The number of ether oxygens (including phenoxy) is 1. The number of nitrogens with zero attached hydrogens (tertiary/aromatic N) is 1. The van der Waals surface area contributed by atoms with Crippen molar-refractivity contribution in [1.82, 2.24) is 0 Å². The summed E-state index contributed by atoms with van der Waals surface area (Å²) in [6.07, 6.45) is 1.81. The van der Waals surface area contributed by atoms with E-state index >= 15 is 0 Å². The molecule has 0 aliphatic rings. The van der Waals surface area contributed by atoms with Crippen molar-refractivity contribution in [2.45, 2.75) is 20.5 Å². The molecule has 3 rings (SSSR count). The highest BCUT2D eigenvalue weighted by atomic mass is 19.1. The van der Waals surface area contributed by atoms with E-state index in [1.807, 2.05) is 43.5 Å². The highest BCUT2D eigenvalue weighted by Gasteiger charge is 2.03. The van der Waals surface area contributed by atoms with Crippen molar-refractivity contribution < 1.29 is 9.13 Å². The van der Waals surface area contributed by atoms with Gasteiger partial charge in [0.05, 0.1) is 5.69 Å². The van der Waals surface area contributed by atoms with Gasteiger partial charge in [-0.05, 0) is 60.9 Å². The third-order valence-electron chi connectivity index (χ3n) is 3.91. The zero-order chi connectivity index (χ0) is 17.6. The van der Waals surface area contributed by atoms with Crippen molar-refractivity contribution in [2.24, 2.45) is 4.99 Å². The van der Waals surface area contributed by atoms with E-state index < -0.39 is 0 Å². The average molecular weight is 333 g/mol. The third kappa shape index (κ3) is 4.54. The topological polar surface area (TPSA) is 21.6 Å². The summed E-state index contributed by atoms with van der Waals surface area (Å²) < 4.78 is 19.1. The first kappa shape index (κ1) is 16.9. The molecule has 25 heavy (non-hydrogen) atoms. The van der Waals surface area contributed by atoms with Gasteiger partial charge in [-0.15, -0.1) is 0 Å². The number of hydrogen-bond acceptors (Lipinski definition) is 2. The number of benzene rings is 3. The summed E-state index contributed by atoms with van der Waals surface area (Å²) in [6, 6.07) is 20.3. The first-order chi connectivity index (χ1) is 12.1. The van der Waals surface area contributed by atoms with Crippen LogP contribution in [0, 0.1) is 19.7 Å². The number of halogens is 1. The van der Waals surface area contributed by atoms with Gasteiger partial charge in [0.15, 0.2) is 0 Å². The second-order valence-electron chi connectivity index (χ2n) is 6.00. The molecule has 0 saturated heterocycles. The second-order valence-corrected chi connectivity index (χ2v) is 6.00. The van der Waals surface area contributed by atoms with Crippen molar-refractivity contribution in [3.05, 3.63) is 94.8 Å². The number of hydrogen-bond donors (Lipinski definition) is 0. The lowest BCUT2D eigenvalue weighted by molar-refractivity contribution is 0.305. The Bertz CT molecular complexity index is 902. The average Bonchev–Trinajstić information content (AvgIpc) is 2.61. The molecular formula is C22H20FNO. The molecule has 0 heterocycles. The molecule has 0 aliphatic heterocycles. The highest BCUT2D eigenvalue weighted by molar-refractivity contribution is 5.85. The lowest BCUT2D eigenvalue weighted by Crippen LogP contribution is -1.98. The lowest BCUT2D eigenvalue weighted by atomic mass is 10.1.